The van der Waals surface area contributed by atoms with Gasteiger partial charge in [0.05, 0.1) is 19.8 Å². The lowest BCUT2D eigenvalue weighted by Gasteiger charge is -2.14. The Morgan fingerprint density at radius 2 is 1.89 bits per heavy atom. The number of para-hydroxylation sites is 1. The minimum atomic E-state index is -0.480. The third-order valence-corrected chi connectivity index (χ3v) is 2.79. The SMILES string of the molecule is O=C1C=C(Nc2ccccc2CO)C(=O)N1CCO. The molecule has 0 spiro atoms. The van der Waals surface area contributed by atoms with Crippen molar-refractivity contribution >= 4 is 17.5 Å². The predicted molar refractivity (Wildman–Crippen MR) is 67.9 cm³/mol. The lowest BCUT2D eigenvalue weighted by atomic mass is 10.2. The van der Waals surface area contributed by atoms with Crippen LogP contribution in [0.1, 0.15) is 5.56 Å². The Labute approximate surface area is 110 Å². The van der Waals surface area contributed by atoms with Crippen molar-refractivity contribution in [2.45, 2.75) is 6.61 Å². The van der Waals surface area contributed by atoms with Crippen molar-refractivity contribution in [2.75, 3.05) is 18.5 Å². The average Bonchev–Trinajstić information content (AvgIpc) is 2.67. The smallest absolute Gasteiger partial charge is 0.277 e. The van der Waals surface area contributed by atoms with E-state index in [-0.39, 0.29) is 25.5 Å². The normalized spacial score (nSPS) is 14.8. The molecule has 2 rings (SSSR count). The molecule has 2 amide bonds. The number of nitrogens with zero attached hydrogens (tertiary/aromatic N) is 1. The Kier molecular flexibility index (Phi) is 3.94. The molecular weight excluding hydrogens is 248 g/mol. The highest BCUT2D eigenvalue weighted by Crippen LogP contribution is 2.20. The minimum Gasteiger partial charge on any atom is -0.395 e. The zero-order chi connectivity index (χ0) is 13.8. The molecule has 0 aromatic heterocycles. The number of anilines is 1. The van der Waals surface area contributed by atoms with Gasteiger partial charge in [-0.05, 0) is 6.07 Å². The predicted octanol–water partition coefficient (Wildman–Crippen LogP) is -0.164. The maximum absolute atomic E-state index is 11.9. The molecule has 0 saturated carbocycles. The zero-order valence-corrected chi connectivity index (χ0v) is 10.2. The molecule has 0 radical (unpaired) electrons. The number of carbonyl (C=O) groups excluding carboxylic acids is 2. The van der Waals surface area contributed by atoms with Crippen molar-refractivity contribution in [1.82, 2.24) is 4.90 Å². The van der Waals surface area contributed by atoms with Gasteiger partial charge in [0.1, 0.15) is 5.70 Å². The van der Waals surface area contributed by atoms with Crippen LogP contribution in [0, 0.1) is 0 Å². The number of aliphatic hydroxyl groups excluding tert-OH is 2. The maximum atomic E-state index is 11.9. The first kappa shape index (κ1) is 13.3. The summed E-state index contributed by atoms with van der Waals surface area (Å²) in [6, 6.07) is 6.95. The second-order valence-corrected chi connectivity index (χ2v) is 4.02. The highest BCUT2D eigenvalue weighted by molar-refractivity contribution is 6.17. The lowest BCUT2D eigenvalue weighted by molar-refractivity contribution is -0.137. The molecule has 1 aliphatic heterocycles. The Hall–Kier alpha value is -2.18. The third-order valence-electron chi connectivity index (χ3n) is 2.79. The number of benzene rings is 1. The van der Waals surface area contributed by atoms with Gasteiger partial charge in [-0.3, -0.25) is 14.5 Å². The molecule has 6 nitrogen and oxygen atoms in total. The average molecular weight is 262 g/mol. The number of aliphatic hydroxyl groups is 2. The first-order valence-corrected chi connectivity index (χ1v) is 5.81. The van der Waals surface area contributed by atoms with Crippen LogP contribution in [-0.4, -0.2) is 40.1 Å². The van der Waals surface area contributed by atoms with E-state index in [1.807, 2.05) is 0 Å². The molecule has 1 aliphatic rings. The maximum Gasteiger partial charge on any atom is 0.277 e. The molecule has 6 heteroatoms. The summed E-state index contributed by atoms with van der Waals surface area (Å²) < 4.78 is 0. The van der Waals surface area contributed by atoms with E-state index in [0.29, 0.717) is 11.3 Å². The second-order valence-electron chi connectivity index (χ2n) is 4.02. The Morgan fingerprint density at radius 1 is 1.16 bits per heavy atom. The van der Waals surface area contributed by atoms with Gasteiger partial charge in [0, 0.05) is 17.3 Å². The highest BCUT2D eigenvalue weighted by atomic mass is 16.3. The van der Waals surface area contributed by atoms with Crippen molar-refractivity contribution in [3.8, 4) is 0 Å². The van der Waals surface area contributed by atoms with E-state index in [1.165, 1.54) is 6.08 Å². The number of imide groups is 1. The fourth-order valence-electron chi connectivity index (χ4n) is 1.84. The summed E-state index contributed by atoms with van der Waals surface area (Å²) in [5.41, 5.74) is 1.34. The summed E-state index contributed by atoms with van der Waals surface area (Å²) >= 11 is 0. The van der Waals surface area contributed by atoms with Crippen LogP contribution in [0.5, 0.6) is 0 Å². The monoisotopic (exact) mass is 262 g/mol. The fourth-order valence-corrected chi connectivity index (χ4v) is 1.84. The summed E-state index contributed by atoms with van der Waals surface area (Å²) in [6.07, 6.45) is 1.19. The number of β-amino-alcohol motifs (C(OH)–C–C–N with tert-alkyl or cyclic N) is 1. The fraction of sp³-hybridized carbons (Fsp3) is 0.231. The molecule has 0 saturated heterocycles. The molecule has 0 unspecified atom stereocenters. The van der Waals surface area contributed by atoms with Gasteiger partial charge in [0.15, 0.2) is 0 Å². The van der Waals surface area contributed by atoms with Crippen molar-refractivity contribution in [2.24, 2.45) is 0 Å². The van der Waals surface area contributed by atoms with Crippen LogP contribution < -0.4 is 5.32 Å². The van der Waals surface area contributed by atoms with Gasteiger partial charge in [-0.25, -0.2) is 0 Å². The molecule has 1 aromatic carbocycles. The first-order valence-electron chi connectivity index (χ1n) is 5.81. The minimum absolute atomic E-state index is 0.0268. The topological polar surface area (TPSA) is 89.9 Å². The van der Waals surface area contributed by atoms with Crippen LogP contribution >= 0.6 is 0 Å². The molecule has 0 bridgehead atoms. The van der Waals surface area contributed by atoms with E-state index in [1.54, 1.807) is 24.3 Å². The Bertz CT molecular complexity index is 539. The third kappa shape index (κ3) is 2.64. The first-order chi connectivity index (χ1) is 9.17. The van der Waals surface area contributed by atoms with Gasteiger partial charge >= 0.3 is 0 Å². The highest BCUT2D eigenvalue weighted by Gasteiger charge is 2.30. The van der Waals surface area contributed by atoms with Gasteiger partial charge in [-0.2, -0.15) is 0 Å². The standard InChI is InChI=1S/C13H14N2O4/c16-6-5-15-12(18)7-11(13(15)19)14-10-4-2-1-3-9(10)8-17/h1-4,7,14,16-17H,5-6,8H2. The van der Waals surface area contributed by atoms with E-state index in [2.05, 4.69) is 5.32 Å². The van der Waals surface area contributed by atoms with Gasteiger partial charge < -0.3 is 15.5 Å². The van der Waals surface area contributed by atoms with Crippen LogP contribution in [0.25, 0.3) is 0 Å². The number of rotatable bonds is 5. The molecule has 1 aromatic rings. The summed E-state index contributed by atoms with van der Waals surface area (Å²) in [6.45, 7) is -0.467. The van der Waals surface area contributed by atoms with Crippen molar-refractivity contribution < 1.29 is 19.8 Å². The molecule has 0 aliphatic carbocycles. The van der Waals surface area contributed by atoms with Crippen LogP contribution in [0.15, 0.2) is 36.0 Å². The summed E-state index contributed by atoms with van der Waals surface area (Å²) in [5, 5.41) is 20.8. The number of amides is 2. The van der Waals surface area contributed by atoms with Gasteiger partial charge in [0.25, 0.3) is 11.8 Å². The molecular formula is C13H14N2O4. The molecule has 3 N–H and O–H groups in total. The van der Waals surface area contributed by atoms with E-state index in [0.717, 1.165) is 4.90 Å². The van der Waals surface area contributed by atoms with E-state index >= 15 is 0 Å². The van der Waals surface area contributed by atoms with Crippen LogP contribution in [0.4, 0.5) is 5.69 Å². The number of hydrogen-bond acceptors (Lipinski definition) is 5. The molecule has 100 valence electrons. The number of carbonyl (C=O) groups is 2. The quantitative estimate of drug-likeness (QED) is 0.641. The number of hydrogen-bond donors (Lipinski definition) is 3. The molecule has 0 fully saturated rings. The van der Waals surface area contributed by atoms with E-state index in [9.17, 15) is 14.7 Å². The van der Waals surface area contributed by atoms with Crippen LogP contribution in [-0.2, 0) is 16.2 Å². The van der Waals surface area contributed by atoms with Gasteiger partial charge in [0.2, 0.25) is 0 Å². The van der Waals surface area contributed by atoms with Crippen molar-refractivity contribution in [1.29, 1.82) is 0 Å². The summed E-state index contributed by atoms with van der Waals surface area (Å²) in [5.74, 6) is -0.935. The Balaban J connectivity index is 2.18. The molecule has 19 heavy (non-hydrogen) atoms. The van der Waals surface area contributed by atoms with E-state index in [4.69, 9.17) is 5.11 Å². The van der Waals surface area contributed by atoms with Gasteiger partial charge in [-0.15, -0.1) is 0 Å². The lowest BCUT2D eigenvalue weighted by Crippen LogP contribution is -2.34. The largest absolute Gasteiger partial charge is 0.395 e. The van der Waals surface area contributed by atoms with Crippen LogP contribution in [0.3, 0.4) is 0 Å². The van der Waals surface area contributed by atoms with Crippen LogP contribution in [0.2, 0.25) is 0 Å². The van der Waals surface area contributed by atoms with Crippen molar-refractivity contribution in [3.63, 3.8) is 0 Å². The van der Waals surface area contributed by atoms with E-state index < -0.39 is 11.8 Å². The Morgan fingerprint density at radius 3 is 2.58 bits per heavy atom. The van der Waals surface area contributed by atoms with Gasteiger partial charge in [-0.1, -0.05) is 18.2 Å². The molecule has 0 atom stereocenters. The molecule has 1 heterocycles. The van der Waals surface area contributed by atoms with Crippen molar-refractivity contribution in [3.05, 3.63) is 41.6 Å². The zero-order valence-electron chi connectivity index (χ0n) is 10.2. The summed E-state index contributed by atoms with van der Waals surface area (Å²) in [4.78, 5) is 24.4. The second kappa shape index (κ2) is 5.64. The summed E-state index contributed by atoms with van der Waals surface area (Å²) in [7, 11) is 0. The number of nitrogens with one attached hydrogen (secondary N) is 1.